The molecular formula is C23H23ClN4O4S. The molecule has 2 aromatic carbocycles. The molecule has 0 unspecified atom stereocenters. The zero-order valence-corrected chi connectivity index (χ0v) is 19.8. The van der Waals surface area contributed by atoms with Crippen molar-refractivity contribution in [1.29, 1.82) is 0 Å². The minimum atomic E-state index is -0.471. The van der Waals surface area contributed by atoms with Crippen LogP contribution in [-0.4, -0.2) is 39.5 Å². The molecule has 0 saturated heterocycles. The first-order valence-corrected chi connectivity index (χ1v) is 11.3. The summed E-state index contributed by atoms with van der Waals surface area (Å²) in [4.78, 5) is 24.1. The molecule has 3 rings (SSSR count). The van der Waals surface area contributed by atoms with Crippen molar-refractivity contribution in [2.45, 2.75) is 25.2 Å². The summed E-state index contributed by atoms with van der Waals surface area (Å²) in [5.41, 5.74) is 1.78. The standard InChI is InChI=1S/C23H23ClN4O4S/c1-4-10-28-20(13-32-19-9-8-17(24)11-15(19)2)26-27-23(28)33-14-21(29)25-18-7-5-6-16(12-18)22(30)31-3/h4-9,11-12H,1,10,13-14H2,2-3H3,(H,25,29). The topological polar surface area (TPSA) is 95.3 Å². The van der Waals surface area contributed by atoms with E-state index in [0.29, 0.717) is 39.5 Å². The third-order valence-corrected chi connectivity index (χ3v) is 5.70. The van der Waals surface area contributed by atoms with Crippen LogP contribution >= 0.6 is 23.4 Å². The molecule has 1 heterocycles. The Morgan fingerprint density at radius 1 is 1.24 bits per heavy atom. The normalized spacial score (nSPS) is 10.5. The van der Waals surface area contributed by atoms with Gasteiger partial charge < -0.3 is 14.8 Å². The summed E-state index contributed by atoms with van der Waals surface area (Å²) in [6, 6.07) is 11.9. The Bertz CT molecular complexity index is 1170. The van der Waals surface area contributed by atoms with Gasteiger partial charge in [-0.25, -0.2) is 4.79 Å². The number of carbonyl (C=O) groups is 2. The van der Waals surface area contributed by atoms with E-state index in [-0.39, 0.29) is 18.3 Å². The number of methoxy groups -OCH3 is 1. The molecule has 1 aromatic heterocycles. The van der Waals surface area contributed by atoms with Gasteiger partial charge in [0.15, 0.2) is 11.0 Å². The second-order valence-electron chi connectivity index (χ2n) is 6.91. The number of nitrogens with one attached hydrogen (secondary N) is 1. The van der Waals surface area contributed by atoms with E-state index in [2.05, 4.69) is 22.1 Å². The molecule has 0 bridgehead atoms. The summed E-state index contributed by atoms with van der Waals surface area (Å²) in [7, 11) is 1.31. The molecule has 0 aliphatic rings. The van der Waals surface area contributed by atoms with Crippen molar-refractivity contribution in [3.8, 4) is 5.75 Å². The average molecular weight is 487 g/mol. The van der Waals surface area contributed by atoms with E-state index in [4.69, 9.17) is 21.1 Å². The Morgan fingerprint density at radius 2 is 2.06 bits per heavy atom. The van der Waals surface area contributed by atoms with Crippen LogP contribution in [0.1, 0.15) is 21.7 Å². The lowest BCUT2D eigenvalue weighted by Gasteiger charge is -2.11. The molecule has 0 aliphatic carbocycles. The first kappa shape index (κ1) is 24.3. The molecule has 8 nitrogen and oxygen atoms in total. The van der Waals surface area contributed by atoms with Crippen molar-refractivity contribution in [1.82, 2.24) is 14.8 Å². The maximum Gasteiger partial charge on any atom is 0.337 e. The minimum absolute atomic E-state index is 0.106. The number of esters is 1. The van der Waals surface area contributed by atoms with Gasteiger partial charge >= 0.3 is 5.97 Å². The van der Waals surface area contributed by atoms with Gasteiger partial charge in [-0.1, -0.05) is 35.5 Å². The number of halogens is 1. The Hall–Kier alpha value is -3.30. The number of nitrogens with zero attached hydrogens (tertiary/aromatic N) is 3. The second-order valence-corrected chi connectivity index (χ2v) is 8.28. The molecule has 0 aliphatic heterocycles. The molecule has 1 N–H and O–H groups in total. The number of hydrogen-bond donors (Lipinski definition) is 1. The minimum Gasteiger partial charge on any atom is -0.485 e. The van der Waals surface area contributed by atoms with Crippen LogP contribution in [0.25, 0.3) is 0 Å². The van der Waals surface area contributed by atoms with Crippen LogP contribution in [0.4, 0.5) is 5.69 Å². The summed E-state index contributed by atoms with van der Waals surface area (Å²) >= 11 is 7.24. The predicted octanol–water partition coefficient (Wildman–Crippen LogP) is 4.52. The Balaban J connectivity index is 1.62. The molecule has 0 radical (unpaired) electrons. The van der Waals surface area contributed by atoms with Crippen LogP contribution in [0.3, 0.4) is 0 Å². The van der Waals surface area contributed by atoms with E-state index in [1.807, 2.05) is 17.6 Å². The molecule has 0 fully saturated rings. The number of hydrogen-bond acceptors (Lipinski definition) is 7. The van der Waals surface area contributed by atoms with Crippen molar-refractivity contribution in [3.63, 3.8) is 0 Å². The van der Waals surface area contributed by atoms with E-state index >= 15 is 0 Å². The van der Waals surface area contributed by atoms with E-state index in [9.17, 15) is 9.59 Å². The Labute approximate surface area is 200 Å². The molecule has 0 spiro atoms. The lowest BCUT2D eigenvalue weighted by molar-refractivity contribution is -0.113. The fraction of sp³-hybridized carbons (Fsp3) is 0.217. The maximum atomic E-state index is 12.4. The van der Waals surface area contributed by atoms with E-state index in [0.717, 1.165) is 5.56 Å². The largest absolute Gasteiger partial charge is 0.485 e. The molecular weight excluding hydrogens is 464 g/mol. The number of carbonyl (C=O) groups excluding carboxylic acids is 2. The Kier molecular flexibility index (Phi) is 8.51. The van der Waals surface area contributed by atoms with Gasteiger partial charge in [0.1, 0.15) is 12.4 Å². The first-order chi connectivity index (χ1) is 15.9. The summed E-state index contributed by atoms with van der Waals surface area (Å²) in [6.07, 6.45) is 1.73. The van der Waals surface area contributed by atoms with Crippen LogP contribution in [-0.2, 0) is 22.7 Å². The van der Waals surface area contributed by atoms with Crippen LogP contribution in [0.5, 0.6) is 5.75 Å². The number of benzene rings is 2. The van der Waals surface area contributed by atoms with E-state index in [1.54, 1.807) is 42.5 Å². The third-order valence-electron chi connectivity index (χ3n) is 4.50. The number of anilines is 1. The number of thioether (sulfide) groups is 1. The smallest absolute Gasteiger partial charge is 0.337 e. The van der Waals surface area contributed by atoms with Crippen molar-refractivity contribution in [3.05, 3.63) is 77.1 Å². The highest BCUT2D eigenvalue weighted by Crippen LogP contribution is 2.24. The summed E-state index contributed by atoms with van der Waals surface area (Å²) in [6.45, 7) is 6.37. The molecule has 10 heteroatoms. The van der Waals surface area contributed by atoms with Crippen molar-refractivity contribution >= 4 is 40.9 Å². The molecule has 3 aromatic rings. The van der Waals surface area contributed by atoms with Crippen molar-refractivity contribution in [2.24, 2.45) is 0 Å². The fourth-order valence-electron chi connectivity index (χ4n) is 2.93. The highest BCUT2D eigenvalue weighted by molar-refractivity contribution is 7.99. The molecule has 0 saturated carbocycles. The van der Waals surface area contributed by atoms with Gasteiger partial charge in [-0.3, -0.25) is 9.36 Å². The highest BCUT2D eigenvalue weighted by atomic mass is 35.5. The predicted molar refractivity (Wildman–Crippen MR) is 128 cm³/mol. The number of allylic oxidation sites excluding steroid dienone is 1. The number of ether oxygens (including phenoxy) is 2. The van der Waals surface area contributed by atoms with Gasteiger partial charge in [0, 0.05) is 17.3 Å². The SMILES string of the molecule is C=CCn1c(COc2ccc(Cl)cc2C)nnc1SCC(=O)Nc1cccc(C(=O)OC)c1. The van der Waals surface area contributed by atoms with Gasteiger partial charge in [-0.15, -0.1) is 16.8 Å². The van der Waals surface area contributed by atoms with Crippen LogP contribution < -0.4 is 10.1 Å². The van der Waals surface area contributed by atoms with Gasteiger partial charge in [-0.05, 0) is 48.9 Å². The second kappa shape index (κ2) is 11.5. The quantitative estimate of drug-likeness (QED) is 0.255. The van der Waals surface area contributed by atoms with Gasteiger partial charge in [-0.2, -0.15) is 0 Å². The van der Waals surface area contributed by atoms with Gasteiger partial charge in [0.05, 0.1) is 18.4 Å². The maximum absolute atomic E-state index is 12.4. The van der Waals surface area contributed by atoms with E-state index in [1.165, 1.54) is 18.9 Å². The lowest BCUT2D eigenvalue weighted by atomic mass is 10.2. The summed E-state index contributed by atoms with van der Waals surface area (Å²) in [5, 5.41) is 12.4. The van der Waals surface area contributed by atoms with Gasteiger partial charge in [0.25, 0.3) is 0 Å². The fourth-order valence-corrected chi connectivity index (χ4v) is 3.92. The average Bonchev–Trinajstić information content (AvgIpc) is 3.18. The molecule has 0 atom stereocenters. The first-order valence-electron chi connectivity index (χ1n) is 9.94. The number of rotatable bonds is 10. The van der Waals surface area contributed by atoms with Gasteiger partial charge in [0.2, 0.25) is 5.91 Å². The monoisotopic (exact) mass is 486 g/mol. The lowest BCUT2D eigenvalue weighted by Crippen LogP contribution is -2.15. The van der Waals surface area contributed by atoms with Crippen LogP contribution in [0.15, 0.2) is 60.3 Å². The highest BCUT2D eigenvalue weighted by Gasteiger charge is 2.15. The summed E-state index contributed by atoms with van der Waals surface area (Å²) < 4.78 is 12.4. The third kappa shape index (κ3) is 6.59. The summed E-state index contributed by atoms with van der Waals surface area (Å²) in [5.74, 6) is 0.703. The number of aromatic nitrogens is 3. The zero-order valence-electron chi connectivity index (χ0n) is 18.2. The molecule has 33 heavy (non-hydrogen) atoms. The van der Waals surface area contributed by atoms with Crippen LogP contribution in [0.2, 0.25) is 5.02 Å². The zero-order chi connectivity index (χ0) is 23.8. The molecule has 172 valence electrons. The van der Waals surface area contributed by atoms with E-state index < -0.39 is 5.97 Å². The molecule has 1 amide bonds. The number of amides is 1. The van der Waals surface area contributed by atoms with Crippen molar-refractivity contribution in [2.75, 3.05) is 18.2 Å². The van der Waals surface area contributed by atoms with Crippen LogP contribution in [0, 0.1) is 6.92 Å². The Morgan fingerprint density at radius 3 is 2.79 bits per heavy atom. The number of aryl methyl sites for hydroxylation is 1. The van der Waals surface area contributed by atoms with Crippen molar-refractivity contribution < 1.29 is 19.1 Å².